The molecular formula is C6H11BrO2S. The molecule has 0 fully saturated rings. The number of carbonyl (C=O) groups excluding carboxylic acids is 1. The highest BCUT2D eigenvalue weighted by Crippen LogP contribution is 2.28. The zero-order valence-electron chi connectivity index (χ0n) is 6.06. The van der Waals surface area contributed by atoms with Gasteiger partial charge in [-0.05, 0) is 13.3 Å². The van der Waals surface area contributed by atoms with Gasteiger partial charge in [0.2, 0.25) is 0 Å². The molecule has 1 atom stereocenters. The summed E-state index contributed by atoms with van der Waals surface area (Å²) < 4.78 is 3.93. The number of halogens is 1. The van der Waals surface area contributed by atoms with E-state index in [0.717, 1.165) is 0 Å². The summed E-state index contributed by atoms with van der Waals surface area (Å²) in [5.74, 6) is -0.319. The van der Waals surface area contributed by atoms with Gasteiger partial charge < -0.3 is 4.74 Å². The molecule has 0 aliphatic rings. The summed E-state index contributed by atoms with van der Waals surface area (Å²) in [4.78, 5) is 11.0. The van der Waals surface area contributed by atoms with Crippen LogP contribution in [0.15, 0.2) is 0 Å². The molecule has 0 aliphatic heterocycles. The van der Waals surface area contributed by atoms with E-state index in [4.69, 9.17) is 4.74 Å². The Morgan fingerprint density at radius 1 is 1.70 bits per heavy atom. The van der Waals surface area contributed by atoms with E-state index < -0.39 is 3.66 Å². The molecule has 0 amide bonds. The molecule has 60 valence electrons. The van der Waals surface area contributed by atoms with Crippen molar-refractivity contribution in [1.29, 1.82) is 0 Å². The highest BCUT2D eigenvalue weighted by molar-refractivity contribution is 9.12. The van der Waals surface area contributed by atoms with Crippen molar-refractivity contribution in [3.8, 4) is 0 Å². The maximum atomic E-state index is 11.0. The zero-order valence-corrected chi connectivity index (χ0v) is 8.54. The van der Waals surface area contributed by atoms with Gasteiger partial charge in [0.25, 0.3) is 0 Å². The summed E-state index contributed by atoms with van der Waals surface area (Å²) in [6.07, 6.45) is 0.606. The van der Waals surface area contributed by atoms with Crippen molar-refractivity contribution in [2.45, 2.75) is 23.9 Å². The quantitative estimate of drug-likeness (QED) is 0.453. The Labute approximate surface area is 74.9 Å². The SMILES string of the molecule is CCOC(=O)C(S)(Br)CC. The minimum Gasteiger partial charge on any atom is -0.464 e. The topological polar surface area (TPSA) is 26.3 Å². The van der Waals surface area contributed by atoms with Gasteiger partial charge in [0, 0.05) is 0 Å². The molecule has 0 rings (SSSR count). The van der Waals surface area contributed by atoms with Crippen LogP contribution < -0.4 is 0 Å². The molecule has 2 nitrogen and oxygen atoms in total. The van der Waals surface area contributed by atoms with Crippen LogP contribution in [0.5, 0.6) is 0 Å². The third kappa shape index (κ3) is 2.92. The van der Waals surface area contributed by atoms with Crippen molar-refractivity contribution >= 4 is 34.5 Å². The standard InChI is InChI=1S/C6H11BrO2S/c1-3-6(7,10)5(8)9-4-2/h10H,3-4H2,1-2H3. The molecule has 0 radical (unpaired) electrons. The first kappa shape index (κ1) is 10.3. The number of hydrogen-bond donors (Lipinski definition) is 1. The van der Waals surface area contributed by atoms with Crippen molar-refractivity contribution in [3.05, 3.63) is 0 Å². The van der Waals surface area contributed by atoms with Gasteiger partial charge in [-0.25, -0.2) is 4.79 Å². The molecule has 0 aromatic heterocycles. The second-order valence-corrected chi connectivity index (χ2v) is 4.56. The fourth-order valence-corrected chi connectivity index (χ4v) is 0.565. The minimum atomic E-state index is -0.803. The minimum absolute atomic E-state index is 0.319. The lowest BCUT2D eigenvalue weighted by Crippen LogP contribution is -2.26. The maximum absolute atomic E-state index is 11.0. The summed E-state index contributed by atoms with van der Waals surface area (Å²) in [7, 11) is 0. The fraction of sp³-hybridized carbons (Fsp3) is 0.833. The molecule has 0 heterocycles. The molecule has 0 spiro atoms. The van der Waals surface area contributed by atoms with Gasteiger partial charge >= 0.3 is 5.97 Å². The largest absolute Gasteiger partial charge is 0.464 e. The van der Waals surface area contributed by atoms with Gasteiger partial charge in [0.1, 0.15) is 0 Å². The van der Waals surface area contributed by atoms with Gasteiger partial charge in [0.05, 0.1) is 6.61 Å². The predicted octanol–water partition coefficient (Wildman–Crippen LogP) is 1.98. The Bertz CT molecular complexity index is 125. The molecule has 10 heavy (non-hydrogen) atoms. The molecular weight excluding hydrogens is 216 g/mol. The van der Waals surface area contributed by atoms with Gasteiger partial charge in [-0.3, -0.25) is 0 Å². The molecule has 4 heteroatoms. The van der Waals surface area contributed by atoms with Crippen LogP contribution in [0.25, 0.3) is 0 Å². The second-order valence-electron chi connectivity index (χ2n) is 1.83. The molecule has 1 unspecified atom stereocenters. The van der Waals surface area contributed by atoms with Crippen molar-refractivity contribution in [2.75, 3.05) is 6.61 Å². The van der Waals surface area contributed by atoms with Gasteiger partial charge in [-0.2, -0.15) is 0 Å². The molecule has 0 N–H and O–H groups in total. The van der Waals surface area contributed by atoms with E-state index in [1.807, 2.05) is 6.92 Å². The molecule has 0 aliphatic carbocycles. The molecule has 0 bridgehead atoms. The summed E-state index contributed by atoms with van der Waals surface area (Å²) in [5.41, 5.74) is 0. The van der Waals surface area contributed by atoms with E-state index in [9.17, 15) is 4.79 Å². The highest BCUT2D eigenvalue weighted by atomic mass is 79.9. The Morgan fingerprint density at radius 2 is 2.20 bits per heavy atom. The van der Waals surface area contributed by atoms with Crippen molar-refractivity contribution < 1.29 is 9.53 Å². The van der Waals surface area contributed by atoms with Crippen molar-refractivity contribution in [2.24, 2.45) is 0 Å². The number of ether oxygens (including phenoxy) is 1. The number of carbonyl (C=O) groups is 1. The first-order valence-electron chi connectivity index (χ1n) is 3.13. The van der Waals surface area contributed by atoms with Crippen LogP contribution in [-0.2, 0) is 9.53 Å². The van der Waals surface area contributed by atoms with Crippen LogP contribution in [0.3, 0.4) is 0 Å². The second kappa shape index (κ2) is 4.23. The molecule has 0 aromatic rings. The number of alkyl halides is 1. The Morgan fingerprint density at radius 3 is 2.50 bits per heavy atom. The highest BCUT2D eigenvalue weighted by Gasteiger charge is 2.30. The fourth-order valence-electron chi connectivity index (χ4n) is 0.386. The van der Waals surface area contributed by atoms with Gasteiger partial charge in [0.15, 0.2) is 3.66 Å². The predicted molar refractivity (Wildman–Crippen MR) is 47.6 cm³/mol. The van der Waals surface area contributed by atoms with Crippen LogP contribution in [0.4, 0.5) is 0 Å². The number of hydrogen-bond acceptors (Lipinski definition) is 3. The lowest BCUT2D eigenvalue weighted by Gasteiger charge is -2.16. The first-order valence-corrected chi connectivity index (χ1v) is 4.37. The maximum Gasteiger partial charge on any atom is 0.332 e. The van der Waals surface area contributed by atoms with Crippen LogP contribution >= 0.6 is 28.6 Å². The average Bonchev–Trinajstić information content (AvgIpc) is 1.89. The normalized spacial score (nSPS) is 16.0. The Kier molecular flexibility index (Phi) is 4.36. The Balaban J connectivity index is 3.91. The molecule has 0 saturated carbocycles. The van der Waals surface area contributed by atoms with Crippen LogP contribution in [0.1, 0.15) is 20.3 Å². The average molecular weight is 227 g/mol. The molecule has 0 aromatic carbocycles. The van der Waals surface area contributed by atoms with Crippen LogP contribution in [-0.4, -0.2) is 16.2 Å². The van der Waals surface area contributed by atoms with E-state index in [1.54, 1.807) is 6.92 Å². The summed E-state index contributed by atoms with van der Waals surface area (Å²) in [6.45, 7) is 4.02. The zero-order chi connectivity index (χ0) is 8.20. The lowest BCUT2D eigenvalue weighted by atomic mass is 10.3. The summed E-state index contributed by atoms with van der Waals surface area (Å²) in [6, 6.07) is 0. The first-order chi connectivity index (χ1) is 4.54. The smallest absolute Gasteiger partial charge is 0.332 e. The summed E-state index contributed by atoms with van der Waals surface area (Å²) in [5, 5.41) is 0. The van der Waals surface area contributed by atoms with Crippen LogP contribution in [0, 0.1) is 0 Å². The Hall–Kier alpha value is 0.300. The summed E-state index contributed by atoms with van der Waals surface area (Å²) >= 11 is 7.19. The van der Waals surface area contributed by atoms with Crippen LogP contribution in [0.2, 0.25) is 0 Å². The van der Waals surface area contributed by atoms with Gasteiger partial charge in [-0.15, -0.1) is 12.6 Å². The third-order valence-corrected chi connectivity index (χ3v) is 2.44. The van der Waals surface area contributed by atoms with E-state index in [1.165, 1.54) is 0 Å². The van der Waals surface area contributed by atoms with Gasteiger partial charge in [-0.1, -0.05) is 22.9 Å². The number of esters is 1. The van der Waals surface area contributed by atoms with Crippen molar-refractivity contribution in [1.82, 2.24) is 0 Å². The van der Waals surface area contributed by atoms with Crippen molar-refractivity contribution in [3.63, 3.8) is 0 Å². The van der Waals surface area contributed by atoms with E-state index in [2.05, 4.69) is 28.6 Å². The van der Waals surface area contributed by atoms with E-state index >= 15 is 0 Å². The third-order valence-electron chi connectivity index (χ3n) is 1.06. The monoisotopic (exact) mass is 226 g/mol. The molecule has 0 saturated heterocycles. The lowest BCUT2D eigenvalue weighted by molar-refractivity contribution is -0.143. The van der Waals surface area contributed by atoms with E-state index in [-0.39, 0.29) is 5.97 Å². The van der Waals surface area contributed by atoms with E-state index in [0.29, 0.717) is 13.0 Å². The number of thiol groups is 1. The number of rotatable bonds is 3.